The maximum Gasteiger partial charge on any atom is 0.673 e. The monoisotopic (exact) mass is 454 g/mol. The molecule has 0 atom stereocenters. The van der Waals surface area contributed by atoms with Crippen LogP contribution in [0.3, 0.4) is 0 Å². The van der Waals surface area contributed by atoms with E-state index in [0.717, 1.165) is 11.5 Å². The summed E-state index contributed by atoms with van der Waals surface area (Å²) in [7, 11) is -6.00. The zero-order chi connectivity index (χ0) is 17.2. The zero-order valence-electron chi connectivity index (χ0n) is 12.4. The van der Waals surface area contributed by atoms with Crippen LogP contribution in [0.5, 0.6) is 0 Å². The summed E-state index contributed by atoms with van der Waals surface area (Å²) in [5.41, 5.74) is 1.28. The number of halogens is 7. The summed E-state index contributed by atoms with van der Waals surface area (Å²) in [4.78, 5) is 0. The van der Waals surface area contributed by atoms with Crippen molar-refractivity contribution in [1.82, 2.24) is 0 Å². The molecule has 1 aromatic carbocycles. The molecule has 0 nitrogen and oxygen atoms in total. The van der Waals surface area contributed by atoms with E-state index in [1.165, 1.54) is 12.7 Å². The van der Waals surface area contributed by atoms with Gasteiger partial charge in [0.1, 0.15) is 0 Å². The van der Waals surface area contributed by atoms with Gasteiger partial charge in [0, 0.05) is 6.42 Å². The Bertz CT molecular complexity index is 453. The second kappa shape index (κ2) is 11.3. The molecule has 8 heteroatoms. The van der Waals surface area contributed by atoms with Crippen LogP contribution in [0.4, 0.5) is 21.7 Å². The Hall–Kier alpha value is -0.305. The van der Waals surface area contributed by atoms with Crippen LogP contribution in [-0.2, 0) is 0 Å². The van der Waals surface area contributed by atoms with Crippen molar-refractivity contribution in [2.45, 2.75) is 33.1 Å². The number of rotatable bonds is 6. The second-order valence-electron chi connectivity index (χ2n) is 4.34. The Morgan fingerprint density at radius 3 is 2.05 bits per heavy atom. The highest BCUT2D eigenvalue weighted by atomic mass is 127. The summed E-state index contributed by atoms with van der Waals surface area (Å²) in [6, 6.07) is 8.63. The lowest BCUT2D eigenvalue weighted by Crippen LogP contribution is -3.61. The minimum atomic E-state index is -6.00. The first-order chi connectivity index (χ1) is 10.2. The van der Waals surface area contributed by atoms with Gasteiger partial charge in [-0.1, -0.05) is 36.2 Å². The van der Waals surface area contributed by atoms with Gasteiger partial charge < -0.3 is 17.3 Å². The fourth-order valence-electron chi connectivity index (χ4n) is 1.40. The van der Waals surface area contributed by atoms with Crippen LogP contribution in [0, 0.1) is 10.5 Å². The van der Waals surface area contributed by atoms with Gasteiger partial charge in [0.25, 0.3) is 0 Å². The van der Waals surface area contributed by atoms with E-state index in [9.17, 15) is 21.7 Å². The maximum atomic E-state index is 12.1. The molecule has 0 spiro atoms. The average Bonchev–Trinajstić information content (AvgIpc) is 2.42. The highest BCUT2D eigenvalue weighted by molar-refractivity contribution is 6.50. The number of hydrogen-bond acceptors (Lipinski definition) is 0. The molecule has 0 unspecified atom stereocenters. The number of allylic oxidation sites excluding steroid dienone is 2. The van der Waals surface area contributed by atoms with Crippen molar-refractivity contribution in [3.8, 4) is 0 Å². The highest BCUT2D eigenvalue weighted by Gasteiger charge is 2.21. The molecule has 0 heterocycles. The van der Waals surface area contributed by atoms with Crippen molar-refractivity contribution in [3.05, 3.63) is 42.0 Å². The van der Waals surface area contributed by atoms with E-state index in [2.05, 4.69) is 38.1 Å². The van der Waals surface area contributed by atoms with Crippen LogP contribution in [0.1, 0.15) is 31.7 Å². The van der Waals surface area contributed by atoms with E-state index >= 15 is 0 Å². The average molecular weight is 454 g/mol. The minimum Gasteiger partial charge on any atom is -0.418 e. The molecule has 0 aromatic heterocycles. The normalized spacial score (nSPS) is 12.4. The third-order valence-corrected chi connectivity index (χ3v) is 6.51. The van der Waals surface area contributed by atoms with Gasteiger partial charge in [0.05, 0.1) is 11.7 Å². The number of alkyl halides is 1. The maximum absolute atomic E-state index is 12.1. The van der Waals surface area contributed by atoms with Gasteiger partial charge in [-0.3, -0.25) is 4.39 Å². The van der Waals surface area contributed by atoms with Crippen LogP contribution in [0.15, 0.2) is 32.9 Å². The van der Waals surface area contributed by atoms with E-state index in [1.807, 2.05) is 0 Å². The Morgan fingerprint density at radius 2 is 1.64 bits per heavy atom. The molecule has 22 heavy (non-hydrogen) atoms. The van der Waals surface area contributed by atoms with Gasteiger partial charge in [-0.05, 0) is 31.9 Å². The Balaban J connectivity index is 0.000000763. The summed E-state index contributed by atoms with van der Waals surface area (Å²) >= 11 is 6.06. The number of benzene rings is 1. The summed E-state index contributed by atoms with van der Waals surface area (Å²) in [5.74, 6) is 0. The van der Waals surface area contributed by atoms with Crippen LogP contribution in [-0.4, -0.2) is 13.9 Å². The van der Waals surface area contributed by atoms with Crippen molar-refractivity contribution in [2.24, 2.45) is 0 Å². The quantitative estimate of drug-likeness (QED) is 0.352. The lowest BCUT2D eigenvalue weighted by molar-refractivity contribution is -0.579. The van der Waals surface area contributed by atoms with Gasteiger partial charge in [0.2, 0.25) is 0 Å². The molecule has 0 bridgehead atoms. The lowest BCUT2D eigenvalue weighted by Gasteiger charge is -1.97. The molecule has 0 amide bonds. The van der Waals surface area contributed by atoms with Crippen molar-refractivity contribution < 1.29 is 42.9 Å². The van der Waals surface area contributed by atoms with Gasteiger partial charge in [-0.15, -0.1) is 0 Å². The summed E-state index contributed by atoms with van der Waals surface area (Å²) in [6.45, 7) is 3.93. The molecule has 0 radical (unpaired) electrons. The summed E-state index contributed by atoms with van der Waals surface area (Å²) in [6.07, 6.45) is 2.21. The molecule has 0 saturated carbocycles. The van der Waals surface area contributed by atoms with Gasteiger partial charge in [-0.25, -0.2) is 0 Å². The number of aryl methyl sites for hydroxylation is 1. The van der Waals surface area contributed by atoms with E-state index in [1.54, 1.807) is 0 Å². The molecule has 0 N–H and O–H groups in total. The largest absolute Gasteiger partial charge is 0.673 e. The summed E-state index contributed by atoms with van der Waals surface area (Å²) < 4.78 is 53.8. The SMILES string of the molecule is CC/C([I+]c1ccc(C)cc1)=C(\Cl)CCCF.F[B-](F)(F)F. The van der Waals surface area contributed by atoms with Crippen molar-refractivity contribution in [1.29, 1.82) is 0 Å². The Kier molecular flexibility index (Phi) is 11.1. The van der Waals surface area contributed by atoms with Gasteiger partial charge in [0.15, 0.2) is 7.15 Å². The van der Waals surface area contributed by atoms with E-state index in [0.29, 0.717) is 12.8 Å². The smallest absolute Gasteiger partial charge is 0.418 e. The van der Waals surface area contributed by atoms with Gasteiger partial charge >= 0.3 is 28.5 Å². The Morgan fingerprint density at radius 1 is 1.14 bits per heavy atom. The third kappa shape index (κ3) is 12.3. The molecule has 126 valence electrons. The van der Waals surface area contributed by atoms with Crippen molar-refractivity contribution in [3.63, 3.8) is 0 Å². The third-order valence-electron chi connectivity index (χ3n) is 2.37. The second-order valence-corrected chi connectivity index (χ2v) is 7.88. The first kappa shape index (κ1) is 21.7. The molecule has 0 aliphatic heterocycles. The predicted molar refractivity (Wildman–Crippen MR) is 78.4 cm³/mol. The highest BCUT2D eigenvalue weighted by Crippen LogP contribution is 2.13. The van der Waals surface area contributed by atoms with E-state index < -0.39 is 7.25 Å². The number of hydrogen-bond donors (Lipinski definition) is 0. The molecular formula is C14H18BClF5I. The fraction of sp³-hybridized carbons (Fsp3) is 0.429. The molecule has 1 rings (SSSR count). The molecular weight excluding hydrogens is 436 g/mol. The van der Waals surface area contributed by atoms with Crippen LogP contribution in [0.2, 0.25) is 0 Å². The Labute approximate surface area is 143 Å². The van der Waals surface area contributed by atoms with Gasteiger partial charge in [-0.2, -0.15) is 0 Å². The standard InChI is InChI=1S/C14H18ClFI.BF4/c1-3-14(13(15)5-4-10-16)17-12-8-6-11(2)7-9-12;2-1(3,4)5/h6-9H,3-5,10H2,1-2H3;/q+1;-1/b14-13+;. The van der Waals surface area contributed by atoms with E-state index in [4.69, 9.17) is 11.6 Å². The van der Waals surface area contributed by atoms with Crippen molar-refractivity contribution in [2.75, 3.05) is 6.67 Å². The molecule has 1 aromatic rings. The van der Waals surface area contributed by atoms with E-state index in [-0.39, 0.29) is 27.9 Å². The topological polar surface area (TPSA) is 0 Å². The zero-order valence-corrected chi connectivity index (χ0v) is 15.3. The fourth-order valence-corrected chi connectivity index (χ4v) is 4.32. The molecule has 0 fully saturated rings. The summed E-state index contributed by atoms with van der Waals surface area (Å²) in [5, 5.41) is 0.888. The molecule has 0 saturated heterocycles. The predicted octanol–water partition coefficient (Wildman–Crippen LogP) is 3.16. The van der Waals surface area contributed by atoms with Crippen molar-refractivity contribution >= 4 is 18.9 Å². The van der Waals surface area contributed by atoms with Crippen LogP contribution in [0.25, 0.3) is 0 Å². The first-order valence-electron chi connectivity index (χ1n) is 6.69. The molecule has 0 aliphatic carbocycles. The van der Waals surface area contributed by atoms with Crippen LogP contribution < -0.4 is 21.2 Å². The molecule has 0 aliphatic rings. The lowest BCUT2D eigenvalue weighted by atomic mass is 10.2. The minimum absolute atomic E-state index is 0.185. The van der Waals surface area contributed by atoms with Crippen LogP contribution >= 0.6 is 11.6 Å². The first-order valence-corrected chi connectivity index (χ1v) is 9.23.